The Hall–Kier alpha value is -4.34. The molecule has 5 rings (SSSR count). The van der Waals surface area contributed by atoms with E-state index in [9.17, 15) is 14.4 Å². The van der Waals surface area contributed by atoms with E-state index in [0.29, 0.717) is 61.4 Å². The van der Waals surface area contributed by atoms with Crippen molar-refractivity contribution in [2.45, 2.75) is 91.3 Å². The lowest BCUT2D eigenvalue weighted by molar-refractivity contribution is -0.132. The maximum atomic E-state index is 14.0. The van der Waals surface area contributed by atoms with Gasteiger partial charge in [-0.3, -0.25) is 14.3 Å². The summed E-state index contributed by atoms with van der Waals surface area (Å²) in [7, 11) is 1.86. The Kier molecular flexibility index (Phi) is 10.3. The summed E-state index contributed by atoms with van der Waals surface area (Å²) in [5.74, 6) is 1.26. The van der Waals surface area contributed by atoms with E-state index in [0.717, 1.165) is 54.7 Å². The highest BCUT2D eigenvalue weighted by Crippen LogP contribution is 2.32. The van der Waals surface area contributed by atoms with Crippen molar-refractivity contribution in [2.75, 3.05) is 25.0 Å². The van der Waals surface area contributed by atoms with E-state index in [2.05, 4.69) is 21.9 Å². The number of hydrogen-bond acceptors (Lipinski definition) is 6. The van der Waals surface area contributed by atoms with Crippen LogP contribution in [0.5, 0.6) is 0 Å². The third kappa shape index (κ3) is 8.34. The van der Waals surface area contributed by atoms with Crippen LogP contribution in [0.2, 0.25) is 0 Å². The van der Waals surface area contributed by atoms with Crippen LogP contribution in [0.4, 0.5) is 10.6 Å². The van der Waals surface area contributed by atoms with Gasteiger partial charge in [-0.15, -0.1) is 0 Å². The molecular formula is C37H50N6O4. The highest BCUT2D eigenvalue weighted by molar-refractivity contribution is 5.96. The van der Waals surface area contributed by atoms with E-state index < -0.39 is 5.60 Å². The molecule has 252 valence electrons. The van der Waals surface area contributed by atoms with E-state index >= 15 is 0 Å². The number of piperidine rings is 1. The van der Waals surface area contributed by atoms with Gasteiger partial charge in [0.1, 0.15) is 11.4 Å². The summed E-state index contributed by atoms with van der Waals surface area (Å²) < 4.78 is 7.30. The summed E-state index contributed by atoms with van der Waals surface area (Å²) in [6, 6.07) is 6.11. The Morgan fingerprint density at radius 2 is 1.87 bits per heavy atom. The predicted octanol–water partition coefficient (Wildman–Crippen LogP) is 6.34. The molecule has 2 fully saturated rings. The highest BCUT2D eigenvalue weighted by atomic mass is 16.6. The van der Waals surface area contributed by atoms with Crippen LogP contribution in [0.25, 0.3) is 0 Å². The first-order chi connectivity index (χ1) is 22.3. The van der Waals surface area contributed by atoms with Crippen LogP contribution in [0.1, 0.15) is 86.8 Å². The SMILES string of the molecule is C=C1Nc2c(cnn2C)CN(C(=O)c2ccc(CCC(=O)N(CC3CCN(C(=O)OC(C)(C)C)CC3)C3CC3)c(C)c2)/C1=C/C=C\C. The zero-order valence-corrected chi connectivity index (χ0v) is 28.8. The molecule has 1 aliphatic carbocycles. The van der Waals surface area contributed by atoms with Gasteiger partial charge in [0.2, 0.25) is 5.91 Å². The molecule has 1 aromatic carbocycles. The first-order valence-corrected chi connectivity index (χ1v) is 16.8. The summed E-state index contributed by atoms with van der Waals surface area (Å²) in [4.78, 5) is 45.6. The van der Waals surface area contributed by atoms with Crippen molar-refractivity contribution in [2.24, 2.45) is 13.0 Å². The molecule has 3 amide bonds. The number of anilines is 1. The van der Waals surface area contributed by atoms with Crippen LogP contribution in [-0.4, -0.2) is 73.7 Å². The number of ether oxygens (including phenoxy) is 1. The third-order valence-electron chi connectivity index (χ3n) is 9.13. The molecule has 0 unspecified atom stereocenters. The Morgan fingerprint density at radius 1 is 1.15 bits per heavy atom. The van der Waals surface area contributed by atoms with E-state index in [1.165, 1.54) is 0 Å². The zero-order valence-electron chi connectivity index (χ0n) is 28.8. The fourth-order valence-electron chi connectivity index (χ4n) is 6.34. The van der Waals surface area contributed by atoms with Crippen molar-refractivity contribution in [3.05, 3.63) is 82.9 Å². The molecule has 3 heterocycles. The lowest BCUT2D eigenvalue weighted by Gasteiger charge is -2.35. The van der Waals surface area contributed by atoms with Crippen LogP contribution in [0.15, 0.2) is 60.6 Å². The molecule has 1 aromatic heterocycles. The summed E-state index contributed by atoms with van der Waals surface area (Å²) in [6.45, 7) is 16.2. The van der Waals surface area contributed by atoms with Crippen molar-refractivity contribution in [3.63, 3.8) is 0 Å². The molecule has 0 atom stereocenters. The number of carbonyl (C=O) groups excluding carboxylic acids is 3. The van der Waals surface area contributed by atoms with Crippen molar-refractivity contribution >= 4 is 23.7 Å². The Morgan fingerprint density at radius 3 is 2.51 bits per heavy atom. The smallest absolute Gasteiger partial charge is 0.410 e. The molecule has 0 bridgehead atoms. The van der Waals surface area contributed by atoms with Gasteiger partial charge in [0.15, 0.2) is 0 Å². The molecule has 1 N–H and O–H groups in total. The van der Waals surface area contributed by atoms with E-state index in [-0.39, 0.29) is 17.9 Å². The molecule has 10 nitrogen and oxygen atoms in total. The van der Waals surface area contributed by atoms with Crippen molar-refractivity contribution in [3.8, 4) is 0 Å². The zero-order chi connectivity index (χ0) is 33.9. The molecule has 10 heteroatoms. The Labute approximate surface area is 279 Å². The molecule has 47 heavy (non-hydrogen) atoms. The number of hydrogen-bond donors (Lipinski definition) is 1. The Balaban J connectivity index is 1.21. The van der Waals surface area contributed by atoms with Crippen molar-refractivity contribution in [1.82, 2.24) is 24.5 Å². The summed E-state index contributed by atoms with van der Waals surface area (Å²) >= 11 is 0. The minimum absolute atomic E-state index is 0.122. The molecule has 0 spiro atoms. The number of aryl methyl sites for hydroxylation is 3. The number of nitrogens with one attached hydrogen (secondary N) is 1. The Bertz CT molecular complexity index is 1570. The number of rotatable bonds is 8. The fourth-order valence-corrected chi connectivity index (χ4v) is 6.34. The minimum atomic E-state index is -0.505. The second kappa shape index (κ2) is 14.2. The van der Waals surface area contributed by atoms with Crippen LogP contribution in [0.3, 0.4) is 0 Å². The number of carbonyl (C=O) groups is 3. The van der Waals surface area contributed by atoms with Gasteiger partial charge in [-0.25, -0.2) is 4.79 Å². The number of amides is 3. The van der Waals surface area contributed by atoms with E-state index in [1.54, 1.807) is 20.7 Å². The minimum Gasteiger partial charge on any atom is -0.444 e. The molecule has 3 aliphatic rings. The number of fused-ring (bicyclic) bond motifs is 1. The summed E-state index contributed by atoms with van der Waals surface area (Å²) in [6.07, 6.45) is 12.2. The molecule has 1 saturated heterocycles. The molecular weight excluding hydrogens is 592 g/mol. The van der Waals surface area contributed by atoms with Crippen LogP contribution in [-0.2, 0) is 29.5 Å². The summed E-state index contributed by atoms with van der Waals surface area (Å²) in [5.41, 5.74) is 4.37. The van der Waals surface area contributed by atoms with Gasteiger partial charge in [0.05, 0.1) is 24.1 Å². The van der Waals surface area contributed by atoms with Crippen LogP contribution >= 0.6 is 0 Å². The van der Waals surface area contributed by atoms with Gasteiger partial charge in [-0.1, -0.05) is 24.8 Å². The van der Waals surface area contributed by atoms with Crippen LogP contribution in [0, 0.1) is 12.8 Å². The van der Waals surface area contributed by atoms with Gasteiger partial charge in [-0.2, -0.15) is 5.10 Å². The van der Waals surface area contributed by atoms with Gasteiger partial charge in [0.25, 0.3) is 5.91 Å². The predicted molar refractivity (Wildman–Crippen MR) is 184 cm³/mol. The van der Waals surface area contributed by atoms with E-state index in [4.69, 9.17) is 4.74 Å². The second-order valence-corrected chi connectivity index (χ2v) is 14.0. The fraction of sp³-hybridized carbons (Fsp3) is 0.514. The summed E-state index contributed by atoms with van der Waals surface area (Å²) in [5, 5.41) is 7.69. The third-order valence-corrected chi connectivity index (χ3v) is 9.13. The van der Waals surface area contributed by atoms with Gasteiger partial charge < -0.3 is 24.8 Å². The standard InChI is InChI=1S/C37H50N6O4/c1-8-9-10-32-26(3)39-34-30(22-38-40(34)7)24-43(32)35(45)29-12-11-28(25(2)21-29)13-16-33(44)42(31-14-15-31)23-27-17-19-41(20-18-27)36(46)47-37(4,5)6/h8-12,21-22,27,31,39H,3,13-20,23-24H2,1-2,4-7H3/b9-8-,32-10+. The lowest BCUT2D eigenvalue weighted by Crippen LogP contribution is -2.45. The number of likely N-dealkylation sites (tertiary alicyclic amines) is 1. The average molecular weight is 643 g/mol. The molecule has 0 radical (unpaired) electrons. The molecule has 1 saturated carbocycles. The van der Waals surface area contributed by atoms with E-state index in [1.807, 2.05) is 78.1 Å². The lowest BCUT2D eigenvalue weighted by atomic mass is 9.95. The van der Waals surface area contributed by atoms with Gasteiger partial charge in [0, 0.05) is 50.3 Å². The molecule has 2 aliphatic heterocycles. The van der Waals surface area contributed by atoms with Gasteiger partial charge in [-0.05, 0) is 102 Å². The van der Waals surface area contributed by atoms with Gasteiger partial charge >= 0.3 is 6.09 Å². The molecule has 2 aromatic rings. The van der Waals surface area contributed by atoms with Crippen LogP contribution < -0.4 is 5.32 Å². The average Bonchev–Trinajstić information content (AvgIpc) is 3.83. The largest absolute Gasteiger partial charge is 0.444 e. The number of aromatic nitrogens is 2. The maximum absolute atomic E-state index is 14.0. The maximum Gasteiger partial charge on any atom is 0.410 e. The van der Waals surface area contributed by atoms with Crippen molar-refractivity contribution in [1.29, 1.82) is 0 Å². The van der Waals surface area contributed by atoms with Crippen molar-refractivity contribution < 1.29 is 19.1 Å². The first-order valence-electron chi connectivity index (χ1n) is 16.8. The monoisotopic (exact) mass is 642 g/mol. The number of benzene rings is 1. The highest BCUT2D eigenvalue weighted by Gasteiger charge is 2.35. The number of nitrogens with zero attached hydrogens (tertiary/aromatic N) is 5. The quantitative estimate of drug-likeness (QED) is 0.361. The topological polar surface area (TPSA) is 100 Å². The second-order valence-electron chi connectivity index (χ2n) is 14.0. The number of allylic oxidation sites excluding steroid dienone is 3. The normalized spacial score (nSPS) is 18.3. The first kappa shape index (κ1) is 34.0.